The predicted octanol–water partition coefficient (Wildman–Crippen LogP) is 2.79. The van der Waals surface area contributed by atoms with Crippen LogP contribution in [0.5, 0.6) is 0 Å². The summed E-state index contributed by atoms with van der Waals surface area (Å²) in [7, 11) is 0. The standard InChI is InChI=1S/C13H16ClFN4/c1-4-16-7-10-5-6-17-13(12(10)15)19-9(3)11(14)8(2)18-19/h5-6,16H,4,7H2,1-3H3. The number of halogens is 2. The van der Waals surface area contributed by atoms with Crippen molar-refractivity contribution in [1.29, 1.82) is 0 Å². The van der Waals surface area contributed by atoms with Gasteiger partial charge in [-0.1, -0.05) is 18.5 Å². The summed E-state index contributed by atoms with van der Waals surface area (Å²) in [6, 6.07) is 1.66. The lowest BCUT2D eigenvalue weighted by Crippen LogP contribution is -2.15. The van der Waals surface area contributed by atoms with E-state index in [1.165, 1.54) is 4.68 Å². The van der Waals surface area contributed by atoms with Crippen LogP contribution in [-0.2, 0) is 6.54 Å². The third-order valence-electron chi connectivity index (χ3n) is 2.92. The topological polar surface area (TPSA) is 42.7 Å². The molecule has 2 rings (SSSR count). The van der Waals surface area contributed by atoms with E-state index in [0.717, 1.165) is 6.54 Å². The molecule has 0 aromatic carbocycles. The lowest BCUT2D eigenvalue weighted by Gasteiger charge is -2.09. The van der Waals surface area contributed by atoms with E-state index in [1.807, 2.05) is 6.92 Å². The summed E-state index contributed by atoms with van der Waals surface area (Å²) in [5.41, 5.74) is 1.92. The van der Waals surface area contributed by atoms with Crippen molar-refractivity contribution in [1.82, 2.24) is 20.1 Å². The molecule has 0 atom stereocenters. The molecule has 0 aliphatic heterocycles. The van der Waals surface area contributed by atoms with Gasteiger partial charge in [-0.15, -0.1) is 0 Å². The molecule has 0 aliphatic rings. The molecule has 0 fully saturated rings. The van der Waals surface area contributed by atoms with Gasteiger partial charge in [0.25, 0.3) is 0 Å². The van der Waals surface area contributed by atoms with Crippen molar-refractivity contribution in [2.24, 2.45) is 0 Å². The van der Waals surface area contributed by atoms with Crippen LogP contribution in [0.1, 0.15) is 23.9 Å². The van der Waals surface area contributed by atoms with Gasteiger partial charge >= 0.3 is 0 Å². The smallest absolute Gasteiger partial charge is 0.190 e. The molecular weight excluding hydrogens is 267 g/mol. The van der Waals surface area contributed by atoms with Crippen LogP contribution in [0.2, 0.25) is 5.02 Å². The van der Waals surface area contributed by atoms with Crippen LogP contribution in [0.4, 0.5) is 4.39 Å². The Labute approximate surface area is 116 Å². The second-order valence-electron chi connectivity index (χ2n) is 4.28. The summed E-state index contributed by atoms with van der Waals surface area (Å²) >= 11 is 6.08. The van der Waals surface area contributed by atoms with Gasteiger partial charge in [-0.2, -0.15) is 5.10 Å². The minimum atomic E-state index is -0.370. The van der Waals surface area contributed by atoms with Gasteiger partial charge in [0.1, 0.15) is 0 Å². The molecule has 2 aromatic rings. The van der Waals surface area contributed by atoms with Gasteiger partial charge in [0.05, 0.1) is 16.4 Å². The summed E-state index contributed by atoms with van der Waals surface area (Å²) < 4.78 is 15.8. The molecule has 0 spiro atoms. The Bertz CT molecular complexity index is 595. The molecule has 0 bridgehead atoms. The first-order chi connectivity index (χ1) is 9.06. The number of pyridine rings is 1. The maximum atomic E-state index is 14.4. The second kappa shape index (κ2) is 5.67. The maximum absolute atomic E-state index is 14.4. The fourth-order valence-corrected chi connectivity index (χ4v) is 1.96. The molecule has 0 aliphatic carbocycles. The zero-order valence-electron chi connectivity index (χ0n) is 11.2. The van der Waals surface area contributed by atoms with Gasteiger partial charge in [0.2, 0.25) is 0 Å². The summed E-state index contributed by atoms with van der Waals surface area (Å²) in [5.74, 6) is -0.186. The minimum absolute atomic E-state index is 0.183. The number of nitrogens with one attached hydrogen (secondary N) is 1. The lowest BCUT2D eigenvalue weighted by atomic mass is 10.2. The van der Waals surface area contributed by atoms with E-state index in [9.17, 15) is 4.39 Å². The highest BCUT2D eigenvalue weighted by Crippen LogP contribution is 2.23. The number of aromatic nitrogens is 3. The average Bonchev–Trinajstić information content (AvgIpc) is 2.65. The molecule has 2 heterocycles. The van der Waals surface area contributed by atoms with Crippen molar-refractivity contribution < 1.29 is 4.39 Å². The SMILES string of the molecule is CCNCc1ccnc(-n2nc(C)c(Cl)c2C)c1F. The average molecular weight is 283 g/mol. The van der Waals surface area contributed by atoms with Gasteiger partial charge in [-0.25, -0.2) is 14.1 Å². The van der Waals surface area contributed by atoms with Crippen molar-refractivity contribution in [3.05, 3.63) is 40.1 Å². The van der Waals surface area contributed by atoms with Crippen molar-refractivity contribution in [2.45, 2.75) is 27.3 Å². The monoisotopic (exact) mass is 282 g/mol. The lowest BCUT2D eigenvalue weighted by molar-refractivity contribution is 0.569. The summed E-state index contributed by atoms with van der Waals surface area (Å²) in [6.07, 6.45) is 1.58. The zero-order chi connectivity index (χ0) is 14.0. The van der Waals surface area contributed by atoms with Crippen LogP contribution >= 0.6 is 11.6 Å². The largest absolute Gasteiger partial charge is 0.313 e. The van der Waals surface area contributed by atoms with Crippen molar-refractivity contribution in [3.63, 3.8) is 0 Å². The Morgan fingerprint density at radius 3 is 2.74 bits per heavy atom. The van der Waals surface area contributed by atoms with Gasteiger partial charge in [0.15, 0.2) is 11.6 Å². The normalized spacial score (nSPS) is 11.0. The number of aryl methyl sites for hydroxylation is 1. The molecule has 4 nitrogen and oxygen atoms in total. The zero-order valence-corrected chi connectivity index (χ0v) is 11.9. The second-order valence-corrected chi connectivity index (χ2v) is 4.66. The molecule has 6 heteroatoms. The van der Waals surface area contributed by atoms with Gasteiger partial charge in [-0.05, 0) is 26.5 Å². The molecule has 0 unspecified atom stereocenters. The molecule has 2 aromatic heterocycles. The van der Waals surface area contributed by atoms with E-state index in [2.05, 4.69) is 15.4 Å². The van der Waals surface area contributed by atoms with Gasteiger partial charge < -0.3 is 5.32 Å². The fourth-order valence-electron chi connectivity index (χ4n) is 1.85. The number of rotatable bonds is 4. The van der Waals surface area contributed by atoms with Crippen molar-refractivity contribution >= 4 is 11.6 Å². The number of hydrogen-bond acceptors (Lipinski definition) is 3. The van der Waals surface area contributed by atoms with Crippen LogP contribution < -0.4 is 5.32 Å². The highest BCUT2D eigenvalue weighted by Gasteiger charge is 2.17. The van der Waals surface area contributed by atoms with E-state index in [1.54, 1.807) is 26.1 Å². The van der Waals surface area contributed by atoms with E-state index < -0.39 is 0 Å². The van der Waals surface area contributed by atoms with Gasteiger partial charge in [0, 0.05) is 18.3 Å². The number of nitrogens with zero attached hydrogens (tertiary/aromatic N) is 3. The first-order valence-electron chi connectivity index (χ1n) is 6.12. The molecule has 19 heavy (non-hydrogen) atoms. The Hall–Kier alpha value is -1.46. The van der Waals surface area contributed by atoms with E-state index >= 15 is 0 Å². The minimum Gasteiger partial charge on any atom is -0.313 e. The fraction of sp³-hybridized carbons (Fsp3) is 0.385. The molecule has 102 valence electrons. The Balaban J connectivity index is 2.47. The first kappa shape index (κ1) is 14.0. The highest BCUT2D eigenvalue weighted by molar-refractivity contribution is 6.31. The Morgan fingerprint density at radius 2 is 2.16 bits per heavy atom. The first-order valence-corrected chi connectivity index (χ1v) is 6.50. The van der Waals surface area contributed by atoms with Crippen molar-refractivity contribution in [3.8, 4) is 5.82 Å². The summed E-state index contributed by atoms with van der Waals surface area (Å²) in [5, 5.41) is 7.86. The summed E-state index contributed by atoms with van der Waals surface area (Å²) in [4.78, 5) is 4.07. The van der Waals surface area contributed by atoms with Crippen LogP contribution in [0.3, 0.4) is 0 Å². The van der Waals surface area contributed by atoms with E-state index in [0.29, 0.717) is 28.5 Å². The molecular formula is C13H16ClFN4. The van der Waals surface area contributed by atoms with Crippen molar-refractivity contribution in [2.75, 3.05) is 6.54 Å². The molecule has 0 radical (unpaired) electrons. The maximum Gasteiger partial charge on any atom is 0.190 e. The highest BCUT2D eigenvalue weighted by atomic mass is 35.5. The quantitative estimate of drug-likeness (QED) is 0.938. The molecule has 1 N–H and O–H groups in total. The predicted molar refractivity (Wildman–Crippen MR) is 73.2 cm³/mol. The molecule has 0 amide bonds. The van der Waals surface area contributed by atoms with Crippen LogP contribution in [0.25, 0.3) is 5.82 Å². The Kier molecular flexibility index (Phi) is 4.17. The van der Waals surface area contributed by atoms with E-state index in [-0.39, 0.29) is 11.6 Å². The van der Waals surface area contributed by atoms with Gasteiger partial charge in [-0.3, -0.25) is 0 Å². The third-order valence-corrected chi connectivity index (χ3v) is 3.47. The Morgan fingerprint density at radius 1 is 1.42 bits per heavy atom. The van der Waals surface area contributed by atoms with Crippen LogP contribution in [-0.4, -0.2) is 21.3 Å². The molecule has 0 saturated carbocycles. The van der Waals surface area contributed by atoms with Crippen LogP contribution in [0, 0.1) is 19.7 Å². The number of hydrogen-bond donors (Lipinski definition) is 1. The molecule has 0 saturated heterocycles. The van der Waals surface area contributed by atoms with Crippen LogP contribution in [0.15, 0.2) is 12.3 Å². The van der Waals surface area contributed by atoms with E-state index in [4.69, 9.17) is 11.6 Å². The summed E-state index contributed by atoms with van der Waals surface area (Å²) in [6.45, 7) is 6.79. The third kappa shape index (κ3) is 2.62.